The van der Waals surface area contributed by atoms with E-state index in [9.17, 15) is 9.59 Å². The molecule has 0 amide bonds. The highest BCUT2D eigenvalue weighted by molar-refractivity contribution is 6.08. The fraction of sp³-hybridized carbons (Fsp3) is 0.357. The largest absolute Gasteiger partial charge is 0.325 e. The summed E-state index contributed by atoms with van der Waals surface area (Å²) in [6.45, 7) is 0. The number of rotatable bonds is 4. The number of fused-ring (bicyclic) bond motifs is 1. The van der Waals surface area contributed by atoms with Gasteiger partial charge in [-0.25, -0.2) is 4.98 Å². The Kier molecular flexibility index (Phi) is 2.51. The standard InChI is InChI=1S/C14H14N2O2/c1-16-11-5-3-2-4-10(11)15-14(16)13(18)8-12(17)9-6-7-9/h2-5,9H,6-8H2,1H3. The third-order valence-electron chi connectivity index (χ3n) is 3.40. The molecule has 4 nitrogen and oxygen atoms in total. The molecule has 0 bridgehead atoms. The van der Waals surface area contributed by atoms with Crippen molar-refractivity contribution in [2.24, 2.45) is 13.0 Å². The maximum Gasteiger partial charge on any atom is 0.205 e. The highest BCUT2D eigenvalue weighted by Crippen LogP contribution is 2.31. The molecule has 4 heteroatoms. The second-order valence-electron chi connectivity index (χ2n) is 4.82. The fourth-order valence-corrected chi connectivity index (χ4v) is 2.18. The summed E-state index contributed by atoms with van der Waals surface area (Å²) in [5, 5.41) is 0. The van der Waals surface area contributed by atoms with Crippen LogP contribution in [0.2, 0.25) is 0 Å². The molecule has 0 saturated heterocycles. The Hall–Kier alpha value is -1.97. The van der Waals surface area contributed by atoms with E-state index in [0.29, 0.717) is 5.82 Å². The van der Waals surface area contributed by atoms with Crippen LogP contribution in [-0.4, -0.2) is 21.1 Å². The highest BCUT2D eigenvalue weighted by Gasteiger charge is 2.31. The van der Waals surface area contributed by atoms with Crippen LogP contribution < -0.4 is 0 Å². The van der Waals surface area contributed by atoms with Gasteiger partial charge in [0.05, 0.1) is 17.5 Å². The van der Waals surface area contributed by atoms with Gasteiger partial charge < -0.3 is 4.57 Å². The van der Waals surface area contributed by atoms with Crippen molar-refractivity contribution in [3.8, 4) is 0 Å². The fourth-order valence-electron chi connectivity index (χ4n) is 2.18. The maximum atomic E-state index is 12.1. The molecule has 0 spiro atoms. The number of carbonyl (C=O) groups excluding carboxylic acids is 2. The number of ketones is 2. The van der Waals surface area contributed by atoms with E-state index in [1.54, 1.807) is 4.57 Å². The summed E-state index contributed by atoms with van der Waals surface area (Å²) in [7, 11) is 1.81. The Balaban J connectivity index is 1.91. The molecule has 1 fully saturated rings. The average Bonchev–Trinajstić information content (AvgIpc) is 3.15. The van der Waals surface area contributed by atoms with Crippen LogP contribution in [-0.2, 0) is 11.8 Å². The van der Waals surface area contributed by atoms with E-state index in [-0.39, 0.29) is 23.9 Å². The quantitative estimate of drug-likeness (QED) is 0.609. The Morgan fingerprint density at radius 3 is 2.72 bits per heavy atom. The minimum absolute atomic E-state index is 0.0121. The summed E-state index contributed by atoms with van der Waals surface area (Å²) < 4.78 is 1.76. The minimum atomic E-state index is -0.175. The molecule has 0 aliphatic heterocycles. The number of aromatic nitrogens is 2. The van der Waals surface area contributed by atoms with Gasteiger partial charge >= 0.3 is 0 Å². The van der Waals surface area contributed by atoms with Crippen molar-refractivity contribution in [2.45, 2.75) is 19.3 Å². The molecule has 2 aromatic rings. The predicted octanol–water partition coefficient (Wildman–Crippen LogP) is 2.13. The predicted molar refractivity (Wildman–Crippen MR) is 67.4 cm³/mol. The number of carbonyl (C=O) groups is 2. The first-order chi connectivity index (χ1) is 8.66. The van der Waals surface area contributed by atoms with Gasteiger partial charge in [0.15, 0.2) is 5.82 Å². The van der Waals surface area contributed by atoms with Crippen molar-refractivity contribution < 1.29 is 9.59 Å². The number of hydrogen-bond acceptors (Lipinski definition) is 3. The zero-order valence-electron chi connectivity index (χ0n) is 10.2. The number of Topliss-reactive ketones (excluding diaryl/α,β-unsaturated/α-hetero) is 2. The van der Waals surface area contributed by atoms with Crippen LogP contribution in [0, 0.1) is 5.92 Å². The van der Waals surface area contributed by atoms with E-state index < -0.39 is 0 Å². The van der Waals surface area contributed by atoms with Gasteiger partial charge in [-0.1, -0.05) is 12.1 Å². The van der Waals surface area contributed by atoms with Crippen molar-refractivity contribution in [1.29, 1.82) is 0 Å². The van der Waals surface area contributed by atoms with Gasteiger partial charge in [0, 0.05) is 13.0 Å². The number of aryl methyl sites for hydroxylation is 1. The number of hydrogen-bond donors (Lipinski definition) is 0. The molecule has 1 aromatic carbocycles. The smallest absolute Gasteiger partial charge is 0.205 e. The van der Waals surface area contributed by atoms with E-state index in [1.807, 2.05) is 31.3 Å². The number of nitrogens with zero attached hydrogens (tertiary/aromatic N) is 2. The summed E-state index contributed by atoms with van der Waals surface area (Å²) in [6.07, 6.45) is 1.87. The molecular weight excluding hydrogens is 228 g/mol. The van der Waals surface area contributed by atoms with Gasteiger partial charge in [-0.3, -0.25) is 9.59 Å². The Bertz CT molecular complexity index is 638. The van der Waals surface area contributed by atoms with Crippen LogP contribution in [0.1, 0.15) is 29.9 Å². The van der Waals surface area contributed by atoms with E-state index in [0.717, 1.165) is 23.9 Å². The molecule has 0 N–H and O–H groups in total. The third-order valence-corrected chi connectivity index (χ3v) is 3.40. The SMILES string of the molecule is Cn1c(C(=O)CC(=O)C2CC2)nc2ccccc21. The van der Waals surface area contributed by atoms with Gasteiger partial charge in [-0.2, -0.15) is 0 Å². The summed E-state index contributed by atoms with van der Waals surface area (Å²) in [4.78, 5) is 28.0. The molecule has 1 aliphatic carbocycles. The summed E-state index contributed by atoms with van der Waals surface area (Å²) >= 11 is 0. The maximum absolute atomic E-state index is 12.1. The molecule has 92 valence electrons. The van der Waals surface area contributed by atoms with Gasteiger partial charge in [0.1, 0.15) is 5.78 Å². The summed E-state index contributed by atoms with van der Waals surface area (Å²) in [6, 6.07) is 7.59. The lowest BCUT2D eigenvalue weighted by atomic mass is 10.1. The Morgan fingerprint density at radius 1 is 1.33 bits per heavy atom. The molecule has 0 radical (unpaired) electrons. The molecule has 0 unspecified atom stereocenters. The first kappa shape index (κ1) is 11.1. The third kappa shape index (κ3) is 1.83. The van der Waals surface area contributed by atoms with E-state index in [1.165, 1.54) is 0 Å². The lowest BCUT2D eigenvalue weighted by Crippen LogP contribution is -2.13. The second-order valence-corrected chi connectivity index (χ2v) is 4.82. The zero-order chi connectivity index (χ0) is 12.7. The number of benzene rings is 1. The van der Waals surface area contributed by atoms with Crippen molar-refractivity contribution in [3.05, 3.63) is 30.1 Å². The van der Waals surface area contributed by atoms with Gasteiger partial charge in [0.25, 0.3) is 0 Å². The average molecular weight is 242 g/mol. The van der Waals surface area contributed by atoms with Crippen LogP contribution in [0.5, 0.6) is 0 Å². The minimum Gasteiger partial charge on any atom is -0.325 e. The van der Waals surface area contributed by atoms with Crippen molar-refractivity contribution in [1.82, 2.24) is 9.55 Å². The first-order valence-electron chi connectivity index (χ1n) is 6.14. The number of imidazole rings is 1. The highest BCUT2D eigenvalue weighted by atomic mass is 16.1. The van der Waals surface area contributed by atoms with Crippen molar-refractivity contribution in [2.75, 3.05) is 0 Å². The van der Waals surface area contributed by atoms with Gasteiger partial charge in [0.2, 0.25) is 5.78 Å². The van der Waals surface area contributed by atoms with Crippen LogP contribution in [0.3, 0.4) is 0 Å². The van der Waals surface area contributed by atoms with E-state index >= 15 is 0 Å². The lowest BCUT2D eigenvalue weighted by Gasteiger charge is -2.00. The zero-order valence-corrected chi connectivity index (χ0v) is 10.2. The summed E-state index contributed by atoms with van der Waals surface area (Å²) in [5.74, 6) is 0.395. The Labute approximate surface area is 105 Å². The molecule has 1 aromatic heterocycles. The van der Waals surface area contributed by atoms with E-state index in [4.69, 9.17) is 0 Å². The molecule has 3 rings (SSSR count). The number of para-hydroxylation sites is 2. The molecule has 18 heavy (non-hydrogen) atoms. The van der Waals surface area contributed by atoms with Crippen LogP contribution >= 0.6 is 0 Å². The topological polar surface area (TPSA) is 52.0 Å². The molecular formula is C14H14N2O2. The molecule has 1 saturated carbocycles. The van der Waals surface area contributed by atoms with Crippen molar-refractivity contribution >= 4 is 22.6 Å². The summed E-state index contributed by atoms with van der Waals surface area (Å²) in [5.41, 5.74) is 1.71. The molecule has 1 aliphatic rings. The van der Waals surface area contributed by atoms with E-state index in [2.05, 4.69) is 4.98 Å². The lowest BCUT2D eigenvalue weighted by molar-refractivity contribution is -0.119. The van der Waals surface area contributed by atoms with Crippen LogP contribution in [0.4, 0.5) is 0 Å². The van der Waals surface area contributed by atoms with Crippen molar-refractivity contribution in [3.63, 3.8) is 0 Å². The second kappa shape index (κ2) is 4.05. The normalized spacial score (nSPS) is 14.9. The first-order valence-corrected chi connectivity index (χ1v) is 6.14. The Morgan fingerprint density at radius 2 is 2.06 bits per heavy atom. The van der Waals surface area contributed by atoms with Gasteiger partial charge in [-0.15, -0.1) is 0 Å². The monoisotopic (exact) mass is 242 g/mol. The molecule has 0 atom stereocenters. The van der Waals surface area contributed by atoms with Crippen LogP contribution in [0.25, 0.3) is 11.0 Å². The van der Waals surface area contributed by atoms with Crippen LogP contribution in [0.15, 0.2) is 24.3 Å². The van der Waals surface area contributed by atoms with Gasteiger partial charge in [-0.05, 0) is 25.0 Å². The molecule has 1 heterocycles.